The van der Waals surface area contributed by atoms with Crippen LogP contribution in [0.2, 0.25) is 0 Å². The van der Waals surface area contributed by atoms with Crippen molar-refractivity contribution in [3.63, 3.8) is 0 Å². The van der Waals surface area contributed by atoms with Gasteiger partial charge < -0.3 is 28.8 Å². The third-order valence-corrected chi connectivity index (χ3v) is 10.9. The van der Waals surface area contributed by atoms with E-state index in [1.807, 2.05) is 40.2 Å². The molecule has 0 fully saturated rings. The summed E-state index contributed by atoms with van der Waals surface area (Å²) in [6, 6.07) is -0.939. The lowest BCUT2D eigenvalue weighted by atomic mass is 10.1. The Hall–Kier alpha value is -4.14. The van der Waals surface area contributed by atoms with E-state index in [0.717, 1.165) is 109 Å². The Bertz CT molecular complexity index is 1700. The van der Waals surface area contributed by atoms with Gasteiger partial charge in [-0.05, 0) is 122 Å². The highest BCUT2D eigenvalue weighted by molar-refractivity contribution is 7.45. The van der Waals surface area contributed by atoms with Crippen molar-refractivity contribution < 1.29 is 32.9 Å². The summed E-state index contributed by atoms with van der Waals surface area (Å²) in [5.41, 5.74) is 0. The molecule has 0 aliphatic heterocycles. The van der Waals surface area contributed by atoms with Gasteiger partial charge in [0.05, 0.1) is 39.9 Å². The average Bonchev–Trinajstić information content (AvgIpc) is 3.30. The molecule has 0 aromatic carbocycles. The van der Waals surface area contributed by atoms with Crippen LogP contribution in [0.15, 0.2) is 170 Å². The summed E-state index contributed by atoms with van der Waals surface area (Å²) in [6.07, 6.45) is 77.5. The van der Waals surface area contributed by atoms with Gasteiger partial charge in [0.15, 0.2) is 0 Å². The second-order valence-corrected chi connectivity index (χ2v) is 18.8. The van der Waals surface area contributed by atoms with Crippen molar-refractivity contribution in [2.24, 2.45) is 0 Å². The predicted molar refractivity (Wildman–Crippen MR) is 292 cm³/mol. The van der Waals surface area contributed by atoms with Crippen LogP contribution in [0.5, 0.6) is 0 Å². The molecule has 0 aromatic rings. The van der Waals surface area contributed by atoms with Gasteiger partial charge in [0.1, 0.15) is 13.2 Å². The normalized spacial score (nSPS) is 15.5. The van der Waals surface area contributed by atoms with Gasteiger partial charge in [-0.2, -0.15) is 0 Å². The molecule has 0 saturated carbocycles. The Labute approximate surface area is 415 Å². The first-order valence-corrected chi connectivity index (χ1v) is 26.9. The van der Waals surface area contributed by atoms with E-state index in [-0.39, 0.29) is 18.9 Å². The van der Waals surface area contributed by atoms with Crippen LogP contribution >= 0.6 is 7.82 Å². The maximum absolute atomic E-state index is 12.8. The van der Waals surface area contributed by atoms with E-state index < -0.39 is 26.6 Å². The molecular weight excluding hydrogens is 864 g/mol. The van der Waals surface area contributed by atoms with Gasteiger partial charge in [-0.15, -0.1) is 0 Å². The molecule has 0 radical (unpaired) electrons. The second-order valence-electron chi connectivity index (χ2n) is 17.4. The number of unbranched alkanes of at least 4 members (excludes halogenated alkanes) is 5. The van der Waals surface area contributed by atoms with Crippen LogP contribution in [0.25, 0.3) is 0 Å². The van der Waals surface area contributed by atoms with Gasteiger partial charge >= 0.3 is 0 Å². The summed E-state index contributed by atoms with van der Waals surface area (Å²) in [4.78, 5) is 25.3. The van der Waals surface area contributed by atoms with Crippen molar-refractivity contribution in [1.29, 1.82) is 0 Å². The number of likely N-dealkylation sites (N-methyl/N-ethyl adjacent to an activating group) is 1. The van der Waals surface area contributed by atoms with Gasteiger partial charge in [0.25, 0.3) is 7.82 Å². The van der Waals surface area contributed by atoms with Crippen LogP contribution in [0, 0.1) is 0 Å². The van der Waals surface area contributed by atoms with Gasteiger partial charge in [0.2, 0.25) is 5.91 Å². The standard InChI is InChI=1S/C59H93N2O6P/c1-6-8-10-12-14-16-17-18-19-20-21-22-23-24-25-26-27-28-29-30-31-32-33-34-35-36-37-38-39-40-41-42-43-45-47-49-51-53-59(63)60-57(56-67-68(64,65)66-55-54-61(3,4)5)58(62)52-50-48-46-44-15-13-11-9-7-2/h7-10,14-16,18-19,21-22,24-25,27-28,30-31,33-34,36-37,39-40,42-44,50,52,57-58,62H,6,11-13,17,20,23,26,29,32,35,38,41,45-49,51,53-56H2,1-5H3,(H-,60,63,64,65)/b9-7+,10-8-,16-14-,19-18-,22-21-,25-24-,28-27-,31-30-,34-33-,37-36-,40-39-,43-42-,44-15+,52-50+. The SMILES string of the molecule is C/C=C/CC/C=C/CC/C=C/C(O)C(COP(=O)([O-])OCC[N+](C)(C)C)NC(=O)CCCCC/C=C\C/C=C\C/C=C\C/C=C\C/C=C\C/C=C\C/C=C\C/C=C\C/C=C\C/C=C\C/C=C\CC. The lowest BCUT2D eigenvalue weighted by Crippen LogP contribution is -2.45. The molecule has 0 aliphatic rings. The Morgan fingerprint density at radius 2 is 0.926 bits per heavy atom. The Morgan fingerprint density at radius 3 is 1.34 bits per heavy atom. The van der Waals surface area contributed by atoms with E-state index in [1.54, 1.807) is 6.08 Å². The zero-order valence-electron chi connectivity index (χ0n) is 43.0. The summed E-state index contributed by atoms with van der Waals surface area (Å²) < 4.78 is 23.1. The van der Waals surface area contributed by atoms with Gasteiger partial charge in [-0.25, -0.2) is 0 Å². The lowest BCUT2D eigenvalue weighted by molar-refractivity contribution is -0.870. The van der Waals surface area contributed by atoms with E-state index >= 15 is 0 Å². The van der Waals surface area contributed by atoms with E-state index in [1.165, 1.54) is 0 Å². The molecule has 0 bridgehead atoms. The fourth-order valence-electron chi connectivity index (χ4n) is 6.02. The number of phosphoric acid groups is 1. The first-order chi connectivity index (χ1) is 33.0. The van der Waals surface area contributed by atoms with E-state index in [4.69, 9.17) is 9.05 Å². The number of quaternary nitrogens is 1. The molecule has 0 rings (SSSR count). The molecule has 0 saturated heterocycles. The number of aliphatic hydroxyl groups excluding tert-OH is 1. The third kappa shape index (κ3) is 49.8. The molecule has 2 N–H and O–H groups in total. The molecule has 1 amide bonds. The fraction of sp³-hybridized carbons (Fsp3) is 0.508. The molecular formula is C59H93N2O6P. The largest absolute Gasteiger partial charge is 0.756 e. The summed E-state index contributed by atoms with van der Waals surface area (Å²) >= 11 is 0. The molecule has 0 aliphatic carbocycles. The van der Waals surface area contributed by atoms with Crippen molar-refractivity contribution >= 4 is 13.7 Å². The van der Waals surface area contributed by atoms with Crippen LogP contribution in [0.4, 0.5) is 0 Å². The molecule has 380 valence electrons. The molecule has 0 heterocycles. The topological polar surface area (TPSA) is 108 Å². The molecule has 0 spiro atoms. The predicted octanol–water partition coefficient (Wildman–Crippen LogP) is 14.7. The van der Waals surface area contributed by atoms with Crippen LogP contribution in [0.3, 0.4) is 0 Å². The monoisotopic (exact) mass is 957 g/mol. The van der Waals surface area contributed by atoms with Gasteiger partial charge in [0, 0.05) is 6.42 Å². The number of rotatable bonds is 43. The Morgan fingerprint density at radius 1 is 0.544 bits per heavy atom. The molecule has 9 heteroatoms. The number of aliphatic hydroxyl groups is 1. The highest BCUT2D eigenvalue weighted by atomic mass is 31.2. The number of nitrogens with one attached hydrogen (secondary N) is 1. The van der Waals surface area contributed by atoms with Crippen LogP contribution < -0.4 is 10.2 Å². The highest BCUT2D eigenvalue weighted by Gasteiger charge is 2.23. The zero-order valence-corrected chi connectivity index (χ0v) is 43.9. The van der Waals surface area contributed by atoms with Crippen LogP contribution in [-0.2, 0) is 18.4 Å². The first-order valence-electron chi connectivity index (χ1n) is 25.5. The smallest absolute Gasteiger partial charge is 0.268 e. The number of amides is 1. The maximum Gasteiger partial charge on any atom is 0.268 e. The van der Waals surface area contributed by atoms with Crippen LogP contribution in [0.1, 0.15) is 142 Å². The van der Waals surface area contributed by atoms with Crippen molar-refractivity contribution in [1.82, 2.24) is 5.32 Å². The van der Waals surface area contributed by atoms with Crippen molar-refractivity contribution in [3.8, 4) is 0 Å². The molecule has 8 nitrogen and oxygen atoms in total. The number of phosphoric ester groups is 1. The quantitative estimate of drug-likeness (QED) is 0.0273. The maximum atomic E-state index is 12.8. The molecule has 3 atom stereocenters. The number of carbonyl (C=O) groups excluding carboxylic acids is 1. The van der Waals surface area contributed by atoms with Crippen molar-refractivity contribution in [2.45, 2.75) is 154 Å². The van der Waals surface area contributed by atoms with Gasteiger partial charge in [-0.3, -0.25) is 9.36 Å². The van der Waals surface area contributed by atoms with Crippen molar-refractivity contribution in [3.05, 3.63) is 170 Å². The minimum atomic E-state index is -4.62. The summed E-state index contributed by atoms with van der Waals surface area (Å²) in [5.74, 6) is -0.256. The highest BCUT2D eigenvalue weighted by Crippen LogP contribution is 2.38. The number of nitrogens with zero attached hydrogens (tertiary/aromatic N) is 1. The number of hydrogen-bond donors (Lipinski definition) is 2. The van der Waals surface area contributed by atoms with E-state index in [2.05, 4.69) is 164 Å². The van der Waals surface area contributed by atoms with E-state index in [9.17, 15) is 19.4 Å². The Kier molecular flexibility index (Phi) is 45.0. The van der Waals surface area contributed by atoms with E-state index in [0.29, 0.717) is 23.9 Å². The lowest BCUT2D eigenvalue weighted by Gasteiger charge is -2.29. The Balaban J connectivity index is 4.23. The molecule has 68 heavy (non-hydrogen) atoms. The number of allylic oxidation sites excluding steroid dienone is 27. The minimum Gasteiger partial charge on any atom is -0.756 e. The average molecular weight is 957 g/mol. The number of carbonyl (C=O) groups is 1. The van der Waals surface area contributed by atoms with Crippen LogP contribution in [-0.4, -0.2) is 68.5 Å². The minimum absolute atomic E-state index is 0.0265. The zero-order chi connectivity index (χ0) is 49.9. The third-order valence-electron chi connectivity index (χ3n) is 9.98. The van der Waals surface area contributed by atoms with Crippen molar-refractivity contribution in [2.75, 3.05) is 40.9 Å². The summed E-state index contributed by atoms with van der Waals surface area (Å²) in [7, 11) is 1.17. The van der Waals surface area contributed by atoms with Gasteiger partial charge in [-0.1, -0.05) is 183 Å². The summed E-state index contributed by atoms with van der Waals surface area (Å²) in [6.45, 7) is 4.19. The summed E-state index contributed by atoms with van der Waals surface area (Å²) in [5, 5.41) is 13.7. The number of hydrogen-bond acceptors (Lipinski definition) is 6. The molecule has 3 unspecified atom stereocenters. The molecule has 0 aromatic heterocycles. The fourth-order valence-corrected chi connectivity index (χ4v) is 6.74. The second kappa shape index (κ2) is 47.9. The first kappa shape index (κ1) is 63.9.